The molecule has 1 aromatic rings. The molecule has 1 heterocycles. The van der Waals surface area contributed by atoms with E-state index in [0.29, 0.717) is 6.42 Å². The quantitative estimate of drug-likeness (QED) is 0.899. The Morgan fingerprint density at radius 2 is 2.00 bits per heavy atom. The molecule has 1 saturated heterocycles. The van der Waals surface area contributed by atoms with Crippen LogP contribution in [0.1, 0.15) is 44.2 Å². The van der Waals surface area contributed by atoms with Crippen molar-refractivity contribution in [2.24, 2.45) is 5.92 Å². The lowest BCUT2D eigenvalue weighted by atomic mass is 10.0. The van der Waals surface area contributed by atoms with E-state index in [1.807, 2.05) is 30.0 Å². The molecule has 2 unspecified atom stereocenters. The van der Waals surface area contributed by atoms with E-state index < -0.39 is 5.97 Å². The zero-order valence-electron chi connectivity index (χ0n) is 11.8. The molecule has 0 saturated carbocycles. The van der Waals surface area contributed by atoms with Crippen molar-refractivity contribution in [3.05, 3.63) is 35.9 Å². The predicted octanol–water partition coefficient (Wildman–Crippen LogP) is 2.85. The van der Waals surface area contributed by atoms with E-state index in [9.17, 15) is 9.59 Å². The summed E-state index contributed by atoms with van der Waals surface area (Å²) in [5, 5.41) is 8.77. The summed E-state index contributed by atoms with van der Waals surface area (Å²) >= 11 is 0. The van der Waals surface area contributed by atoms with Crippen molar-refractivity contribution in [3.63, 3.8) is 0 Å². The summed E-state index contributed by atoms with van der Waals surface area (Å²) in [5.74, 6) is -0.881. The smallest absolute Gasteiger partial charge is 0.303 e. The van der Waals surface area contributed by atoms with Crippen LogP contribution in [0.15, 0.2) is 30.3 Å². The molecule has 1 N–H and O–H groups in total. The monoisotopic (exact) mass is 275 g/mol. The fourth-order valence-electron chi connectivity index (χ4n) is 2.87. The maximum Gasteiger partial charge on any atom is 0.303 e. The van der Waals surface area contributed by atoms with E-state index in [-0.39, 0.29) is 24.3 Å². The Balaban J connectivity index is 2.00. The molecule has 20 heavy (non-hydrogen) atoms. The van der Waals surface area contributed by atoms with Crippen molar-refractivity contribution in [1.82, 2.24) is 4.90 Å². The van der Waals surface area contributed by atoms with Gasteiger partial charge < -0.3 is 10.0 Å². The first-order chi connectivity index (χ1) is 9.58. The average molecular weight is 275 g/mol. The standard InChI is InChI=1S/C16H21NO3/c1-12(11-16(19)20)10-15(18)17-9-5-8-14(17)13-6-3-2-4-7-13/h2-4,6-7,12,14H,5,8-11H2,1H3,(H,19,20). The Labute approximate surface area is 119 Å². The second-order valence-corrected chi connectivity index (χ2v) is 5.56. The summed E-state index contributed by atoms with van der Waals surface area (Å²) in [6.45, 7) is 2.60. The molecule has 4 nitrogen and oxygen atoms in total. The minimum atomic E-state index is -0.841. The summed E-state index contributed by atoms with van der Waals surface area (Å²) in [4.78, 5) is 24.9. The van der Waals surface area contributed by atoms with Crippen LogP contribution in [-0.2, 0) is 9.59 Å². The number of aliphatic carboxylic acids is 1. The Kier molecular flexibility index (Phi) is 4.77. The third-order valence-electron chi connectivity index (χ3n) is 3.80. The van der Waals surface area contributed by atoms with Crippen molar-refractivity contribution < 1.29 is 14.7 Å². The largest absolute Gasteiger partial charge is 0.481 e. The molecule has 0 radical (unpaired) electrons. The molecule has 0 bridgehead atoms. The summed E-state index contributed by atoms with van der Waals surface area (Å²) in [5.41, 5.74) is 1.17. The molecule has 1 amide bonds. The van der Waals surface area contributed by atoms with Crippen molar-refractivity contribution in [2.75, 3.05) is 6.54 Å². The van der Waals surface area contributed by atoms with Gasteiger partial charge in [0.05, 0.1) is 6.04 Å². The van der Waals surface area contributed by atoms with Gasteiger partial charge in [-0.05, 0) is 24.3 Å². The maximum absolute atomic E-state index is 12.4. The second-order valence-electron chi connectivity index (χ2n) is 5.56. The van der Waals surface area contributed by atoms with Gasteiger partial charge in [-0.3, -0.25) is 9.59 Å². The highest BCUT2D eigenvalue weighted by Gasteiger charge is 2.30. The van der Waals surface area contributed by atoms with Gasteiger partial charge in [-0.2, -0.15) is 0 Å². The molecule has 1 aliphatic heterocycles. The average Bonchev–Trinajstić information content (AvgIpc) is 2.87. The molecular formula is C16H21NO3. The third-order valence-corrected chi connectivity index (χ3v) is 3.80. The number of hydrogen-bond donors (Lipinski definition) is 1. The Morgan fingerprint density at radius 3 is 2.65 bits per heavy atom. The van der Waals surface area contributed by atoms with Crippen molar-refractivity contribution in [3.8, 4) is 0 Å². The number of carbonyl (C=O) groups is 2. The zero-order valence-corrected chi connectivity index (χ0v) is 11.8. The molecule has 0 aliphatic carbocycles. The van der Waals surface area contributed by atoms with Crippen LogP contribution in [0.25, 0.3) is 0 Å². The Hall–Kier alpha value is -1.84. The number of carboxylic acids is 1. The van der Waals surface area contributed by atoms with Crippen molar-refractivity contribution in [2.45, 2.75) is 38.6 Å². The fourth-order valence-corrected chi connectivity index (χ4v) is 2.87. The lowest BCUT2D eigenvalue weighted by Gasteiger charge is -2.26. The van der Waals surface area contributed by atoms with E-state index in [1.165, 1.54) is 5.56 Å². The number of benzene rings is 1. The van der Waals surface area contributed by atoms with E-state index >= 15 is 0 Å². The van der Waals surface area contributed by atoms with Crippen LogP contribution in [0, 0.1) is 5.92 Å². The van der Waals surface area contributed by atoms with Gasteiger partial charge in [-0.1, -0.05) is 37.3 Å². The molecule has 4 heteroatoms. The van der Waals surface area contributed by atoms with Crippen molar-refractivity contribution >= 4 is 11.9 Å². The van der Waals surface area contributed by atoms with Crippen LogP contribution in [0.5, 0.6) is 0 Å². The van der Waals surface area contributed by atoms with Crippen LogP contribution in [0.2, 0.25) is 0 Å². The van der Waals surface area contributed by atoms with Crippen LogP contribution in [0.3, 0.4) is 0 Å². The molecule has 2 rings (SSSR count). The fraction of sp³-hybridized carbons (Fsp3) is 0.500. The van der Waals surface area contributed by atoms with Crippen LogP contribution in [-0.4, -0.2) is 28.4 Å². The van der Waals surface area contributed by atoms with Gasteiger partial charge >= 0.3 is 5.97 Å². The highest BCUT2D eigenvalue weighted by atomic mass is 16.4. The first kappa shape index (κ1) is 14.6. The van der Waals surface area contributed by atoms with Gasteiger partial charge in [0.15, 0.2) is 0 Å². The number of rotatable bonds is 5. The highest BCUT2D eigenvalue weighted by molar-refractivity contribution is 5.78. The van der Waals surface area contributed by atoms with Crippen LogP contribution >= 0.6 is 0 Å². The van der Waals surface area contributed by atoms with E-state index in [4.69, 9.17) is 5.11 Å². The van der Waals surface area contributed by atoms with E-state index in [2.05, 4.69) is 12.1 Å². The maximum atomic E-state index is 12.4. The summed E-state index contributed by atoms with van der Waals surface area (Å²) in [6.07, 6.45) is 2.37. The van der Waals surface area contributed by atoms with Gasteiger partial charge in [-0.25, -0.2) is 0 Å². The topological polar surface area (TPSA) is 57.6 Å². The van der Waals surface area contributed by atoms with Gasteiger partial charge in [0.25, 0.3) is 0 Å². The summed E-state index contributed by atoms with van der Waals surface area (Å²) < 4.78 is 0. The first-order valence-electron chi connectivity index (χ1n) is 7.14. The second kappa shape index (κ2) is 6.55. The third kappa shape index (κ3) is 3.59. The number of amides is 1. The molecular weight excluding hydrogens is 254 g/mol. The molecule has 0 spiro atoms. The number of likely N-dealkylation sites (tertiary alicyclic amines) is 1. The number of nitrogens with zero attached hydrogens (tertiary/aromatic N) is 1. The van der Waals surface area contributed by atoms with Crippen molar-refractivity contribution in [1.29, 1.82) is 0 Å². The highest BCUT2D eigenvalue weighted by Crippen LogP contribution is 2.32. The molecule has 1 fully saturated rings. The molecule has 1 aromatic carbocycles. The summed E-state index contributed by atoms with van der Waals surface area (Å²) in [6, 6.07) is 10.2. The minimum absolute atomic E-state index is 0.0512. The van der Waals surface area contributed by atoms with Gasteiger partial charge in [-0.15, -0.1) is 0 Å². The SMILES string of the molecule is CC(CC(=O)O)CC(=O)N1CCCC1c1ccccc1. The number of hydrogen-bond acceptors (Lipinski definition) is 2. The Morgan fingerprint density at radius 1 is 1.30 bits per heavy atom. The lowest BCUT2D eigenvalue weighted by Crippen LogP contribution is -2.31. The van der Waals surface area contributed by atoms with Gasteiger partial charge in [0.2, 0.25) is 5.91 Å². The first-order valence-corrected chi connectivity index (χ1v) is 7.14. The number of carbonyl (C=O) groups excluding carboxylic acids is 1. The van der Waals surface area contributed by atoms with Gasteiger partial charge in [0, 0.05) is 19.4 Å². The molecule has 108 valence electrons. The summed E-state index contributed by atoms with van der Waals surface area (Å²) in [7, 11) is 0. The normalized spacial score (nSPS) is 19.9. The predicted molar refractivity (Wildman–Crippen MR) is 76.2 cm³/mol. The Bertz CT molecular complexity index is 472. The van der Waals surface area contributed by atoms with Crippen LogP contribution < -0.4 is 0 Å². The van der Waals surface area contributed by atoms with E-state index in [0.717, 1.165) is 19.4 Å². The van der Waals surface area contributed by atoms with Gasteiger partial charge in [0.1, 0.15) is 0 Å². The minimum Gasteiger partial charge on any atom is -0.481 e. The van der Waals surface area contributed by atoms with E-state index in [1.54, 1.807) is 0 Å². The molecule has 2 atom stereocenters. The molecule has 0 aromatic heterocycles. The lowest BCUT2D eigenvalue weighted by molar-refractivity contribution is -0.138. The zero-order chi connectivity index (χ0) is 14.5. The number of carboxylic acid groups (broad SMARTS) is 1. The molecule has 1 aliphatic rings. The van der Waals surface area contributed by atoms with Crippen LogP contribution in [0.4, 0.5) is 0 Å².